The Morgan fingerprint density at radius 3 is 2.56 bits per heavy atom. The van der Waals surface area contributed by atoms with Gasteiger partial charge in [-0.05, 0) is 31.9 Å². The average Bonchev–Trinajstić information content (AvgIpc) is 3.30. The molecule has 3 heterocycles. The summed E-state index contributed by atoms with van der Waals surface area (Å²) in [4.78, 5) is 26.8. The summed E-state index contributed by atoms with van der Waals surface area (Å²) in [6.45, 7) is 0.688. The number of alkyl halides is 3. The van der Waals surface area contributed by atoms with Gasteiger partial charge in [-0.3, -0.25) is 14.3 Å². The Kier molecular flexibility index (Phi) is 4.99. The third-order valence-electron chi connectivity index (χ3n) is 4.78. The van der Waals surface area contributed by atoms with Crippen molar-refractivity contribution in [3.8, 4) is 0 Å². The van der Waals surface area contributed by atoms with Crippen LogP contribution in [0.25, 0.3) is 0 Å². The zero-order valence-corrected chi connectivity index (χ0v) is 14.6. The van der Waals surface area contributed by atoms with Crippen LogP contribution in [-0.4, -0.2) is 52.3 Å². The summed E-state index contributed by atoms with van der Waals surface area (Å²) in [5.41, 5.74) is -0.833. The number of furan rings is 1. The van der Waals surface area contributed by atoms with Crippen molar-refractivity contribution < 1.29 is 27.2 Å². The molecule has 2 amide bonds. The van der Waals surface area contributed by atoms with Crippen LogP contribution in [0.4, 0.5) is 13.2 Å². The standard InChI is InChI=1S/C17H19F3N4O3/c1-12-13(3-10-27-12)14(25)23-8-4-16(5-9-23,24-7-2-6-22-24)15(26)21-11-17(18,19)20/h2-3,6-7,10H,4-5,8-9,11H2,1H3,(H,21,26). The van der Waals surface area contributed by atoms with Crippen LogP contribution >= 0.6 is 0 Å². The fourth-order valence-electron chi connectivity index (χ4n) is 3.28. The quantitative estimate of drug-likeness (QED) is 0.876. The van der Waals surface area contributed by atoms with Crippen molar-refractivity contribution in [3.63, 3.8) is 0 Å². The van der Waals surface area contributed by atoms with Gasteiger partial charge >= 0.3 is 6.18 Å². The van der Waals surface area contributed by atoms with Crippen molar-refractivity contribution in [2.45, 2.75) is 31.5 Å². The van der Waals surface area contributed by atoms with E-state index >= 15 is 0 Å². The molecule has 1 aliphatic rings. The van der Waals surface area contributed by atoms with Crippen molar-refractivity contribution in [1.29, 1.82) is 0 Å². The van der Waals surface area contributed by atoms with E-state index in [2.05, 4.69) is 5.10 Å². The lowest BCUT2D eigenvalue weighted by Crippen LogP contribution is -2.57. The van der Waals surface area contributed by atoms with Crippen LogP contribution in [0.5, 0.6) is 0 Å². The predicted octanol–water partition coefficient (Wildman–Crippen LogP) is 2.09. The number of nitrogens with one attached hydrogen (secondary N) is 1. The minimum absolute atomic E-state index is 0.154. The molecule has 0 radical (unpaired) electrons. The van der Waals surface area contributed by atoms with Crippen molar-refractivity contribution in [2.24, 2.45) is 0 Å². The maximum absolute atomic E-state index is 12.6. The third kappa shape index (κ3) is 3.83. The summed E-state index contributed by atoms with van der Waals surface area (Å²) in [7, 11) is 0. The smallest absolute Gasteiger partial charge is 0.405 e. The molecular formula is C17H19F3N4O3. The van der Waals surface area contributed by atoms with Crippen LogP contribution < -0.4 is 5.32 Å². The van der Waals surface area contributed by atoms with Gasteiger partial charge in [-0.25, -0.2) is 0 Å². The monoisotopic (exact) mass is 384 g/mol. The zero-order valence-electron chi connectivity index (χ0n) is 14.6. The summed E-state index contributed by atoms with van der Waals surface area (Å²) < 4.78 is 44.1. The highest BCUT2D eigenvalue weighted by molar-refractivity contribution is 5.95. The molecule has 7 nitrogen and oxygen atoms in total. The molecule has 1 aliphatic heterocycles. The molecule has 2 aromatic heterocycles. The second-order valence-corrected chi connectivity index (χ2v) is 6.46. The Hall–Kier alpha value is -2.78. The Balaban J connectivity index is 1.76. The summed E-state index contributed by atoms with van der Waals surface area (Å²) in [5, 5.41) is 6.03. The lowest BCUT2D eigenvalue weighted by atomic mass is 9.86. The molecule has 0 bridgehead atoms. The predicted molar refractivity (Wildman–Crippen MR) is 87.8 cm³/mol. The molecule has 2 aromatic rings. The molecule has 0 aromatic carbocycles. The SMILES string of the molecule is Cc1occc1C(=O)N1CCC(C(=O)NCC(F)(F)F)(n2cccn2)CC1. The normalized spacial score (nSPS) is 17.0. The van der Waals surface area contributed by atoms with Crippen LogP contribution in [-0.2, 0) is 10.3 Å². The van der Waals surface area contributed by atoms with Gasteiger partial charge in [-0.1, -0.05) is 0 Å². The topological polar surface area (TPSA) is 80.4 Å². The molecule has 0 aliphatic carbocycles. The lowest BCUT2D eigenvalue weighted by molar-refractivity contribution is -0.146. The highest BCUT2D eigenvalue weighted by Crippen LogP contribution is 2.31. The van der Waals surface area contributed by atoms with Gasteiger partial charge in [-0.2, -0.15) is 18.3 Å². The molecule has 1 fully saturated rings. The first kappa shape index (κ1) is 19.0. The fraction of sp³-hybridized carbons (Fsp3) is 0.471. The number of carbonyl (C=O) groups excluding carboxylic acids is 2. The molecule has 146 valence electrons. The van der Waals surface area contributed by atoms with E-state index in [1.807, 2.05) is 5.32 Å². The van der Waals surface area contributed by atoms with Crippen LogP contribution in [0, 0.1) is 6.92 Å². The number of amides is 2. The summed E-state index contributed by atoms with van der Waals surface area (Å²) in [6.07, 6.45) is 0.236. The van der Waals surface area contributed by atoms with Gasteiger partial charge in [-0.15, -0.1) is 0 Å². The first-order valence-electron chi connectivity index (χ1n) is 8.41. The van der Waals surface area contributed by atoms with Gasteiger partial charge < -0.3 is 14.6 Å². The van der Waals surface area contributed by atoms with Crippen molar-refractivity contribution in [1.82, 2.24) is 20.0 Å². The van der Waals surface area contributed by atoms with Crippen LogP contribution in [0.3, 0.4) is 0 Å². The third-order valence-corrected chi connectivity index (χ3v) is 4.78. The molecule has 10 heteroatoms. The fourth-order valence-corrected chi connectivity index (χ4v) is 3.28. The van der Waals surface area contributed by atoms with Gasteiger partial charge in [0.05, 0.1) is 11.8 Å². The number of aryl methyl sites for hydroxylation is 1. The first-order valence-corrected chi connectivity index (χ1v) is 8.41. The first-order chi connectivity index (χ1) is 12.7. The molecule has 1 saturated heterocycles. The maximum Gasteiger partial charge on any atom is 0.405 e. The van der Waals surface area contributed by atoms with E-state index in [1.54, 1.807) is 30.2 Å². The van der Waals surface area contributed by atoms with Crippen molar-refractivity contribution in [2.75, 3.05) is 19.6 Å². The second kappa shape index (κ2) is 7.09. The van der Waals surface area contributed by atoms with Crippen LogP contribution in [0.15, 0.2) is 35.2 Å². The molecule has 0 unspecified atom stereocenters. The molecule has 0 atom stereocenters. The number of hydrogen-bond acceptors (Lipinski definition) is 4. The second-order valence-electron chi connectivity index (χ2n) is 6.46. The van der Waals surface area contributed by atoms with Gasteiger partial charge in [0.15, 0.2) is 0 Å². The molecule has 27 heavy (non-hydrogen) atoms. The van der Waals surface area contributed by atoms with Gasteiger partial charge in [0, 0.05) is 25.5 Å². The number of aromatic nitrogens is 2. The lowest BCUT2D eigenvalue weighted by Gasteiger charge is -2.40. The highest BCUT2D eigenvalue weighted by atomic mass is 19.4. The molecular weight excluding hydrogens is 365 g/mol. The Morgan fingerprint density at radius 1 is 1.33 bits per heavy atom. The number of rotatable bonds is 4. The molecule has 3 rings (SSSR count). The minimum Gasteiger partial charge on any atom is -0.469 e. The van der Waals surface area contributed by atoms with Crippen LogP contribution in [0.1, 0.15) is 29.0 Å². The summed E-state index contributed by atoms with van der Waals surface area (Å²) in [5.74, 6) is -0.493. The Morgan fingerprint density at radius 2 is 2.04 bits per heavy atom. The Bertz CT molecular complexity index is 806. The van der Waals surface area contributed by atoms with Crippen molar-refractivity contribution in [3.05, 3.63) is 42.1 Å². The van der Waals surface area contributed by atoms with E-state index in [0.29, 0.717) is 11.3 Å². The Labute approximate surface area is 153 Å². The van der Waals surface area contributed by atoms with E-state index in [-0.39, 0.29) is 31.8 Å². The maximum atomic E-state index is 12.6. The van der Waals surface area contributed by atoms with Crippen molar-refractivity contribution >= 4 is 11.8 Å². The van der Waals surface area contributed by atoms with Gasteiger partial charge in [0.25, 0.3) is 5.91 Å². The summed E-state index contributed by atoms with van der Waals surface area (Å²) in [6, 6.07) is 3.17. The van der Waals surface area contributed by atoms with E-state index in [9.17, 15) is 22.8 Å². The number of piperidine rings is 1. The number of carbonyl (C=O) groups is 2. The molecule has 0 saturated carbocycles. The molecule has 1 N–H and O–H groups in total. The average molecular weight is 384 g/mol. The van der Waals surface area contributed by atoms with E-state index < -0.39 is 24.2 Å². The molecule has 0 spiro atoms. The minimum atomic E-state index is -4.50. The largest absolute Gasteiger partial charge is 0.469 e. The number of halogens is 3. The number of likely N-dealkylation sites (tertiary alicyclic amines) is 1. The summed E-state index contributed by atoms with van der Waals surface area (Å²) >= 11 is 0. The van der Waals surface area contributed by atoms with E-state index in [0.717, 1.165) is 0 Å². The number of hydrogen-bond donors (Lipinski definition) is 1. The number of nitrogens with zero attached hydrogens (tertiary/aromatic N) is 3. The van der Waals surface area contributed by atoms with Gasteiger partial charge in [0.2, 0.25) is 5.91 Å². The highest BCUT2D eigenvalue weighted by Gasteiger charge is 2.45. The van der Waals surface area contributed by atoms with Crippen LogP contribution in [0.2, 0.25) is 0 Å². The van der Waals surface area contributed by atoms with E-state index in [1.165, 1.54) is 17.1 Å². The van der Waals surface area contributed by atoms with Gasteiger partial charge in [0.1, 0.15) is 17.8 Å². The zero-order chi connectivity index (χ0) is 19.7. The van der Waals surface area contributed by atoms with E-state index in [4.69, 9.17) is 4.42 Å².